The lowest BCUT2D eigenvalue weighted by Crippen LogP contribution is -2.38. The van der Waals surface area contributed by atoms with Crippen molar-refractivity contribution in [2.75, 3.05) is 44.7 Å². The van der Waals surface area contributed by atoms with Crippen molar-refractivity contribution in [2.24, 2.45) is 0 Å². The average Bonchev–Trinajstić information content (AvgIpc) is 3.55. The molecule has 1 aliphatic rings. The predicted molar refractivity (Wildman–Crippen MR) is 132 cm³/mol. The summed E-state index contributed by atoms with van der Waals surface area (Å²) in [7, 11) is 0. The third-order valence-electron chi connectivity index (χ3n) is 6.03. The second-order valence-electron chi connectivity index (χ2n) is 8.41. The zero-order valence-electron chi connectivity index (χ0n) is 19.3. The van der Waals surface area contributed by atoms with Gasteiger partial charge in [-0.1, -0.05) is 35.5 Å². The van der Waals surface area contributed by atoms with Crippen LogP contribution in [-0.4, -0.2) is 65.8 Å². The predicted octanol–water partition coefficient (Wildman–Crippen LogP) is 3.00. The first-order valence-corrected chi connectivity index (χ1v) is 11.6. The van der Waals surface area contributed by atoms with E-state index in [0.29, 0.717) is 11.4 Å². The Morgan fingerprint density at radius 1 is 0.971 bits per heavy atom. The van der Waals surface area contributed by atoms with Crippen LogP contribution in [0.2, 0.25) is 0 Å². The molecule has 0 spiro atoms. The fourth-order valence-corrected chi connectivity index (χ4v) is 4.12. The molecule has 9 nitrogen and oxygen atoms in total. The number of nitrogens with zero attached hydrogens (tertiary/aromatic N) is 3. The molecule has 2 N–H and O–H groups in total. The van der Waals surface area contributed by atoms with Crippen LogP contribution in [0.15, 0.2) is 71.4 Å². The fourth-order valence-electron chi connectivity index (χ4n) is 4.12. The third-order valence-corrected chi connectivity index (χ3v) is 6.03. The van der Waals surface area contributed by atoms with Gasteiger partial charge in [0.1, 0.15) is 0 Å². The molecule has 0 radical (unpaired) electrons. The normalized spacial score (nSPS) is 14.2. The van der Waals surface area contributed by atoms with Crippen LogP contribution in [0.25, 0.3) is 22.2 Å². The number of nitrogens with one attached hydrogen (secondary N) is 2. The molecule has 9 heteroatoms. The van der Waals surface area contributed by atoms with Gasteiger partial charge in [-0.3, -0.25) is 14.5 Å². The van der Waals surface area contributed by atoms with Gasteiger partial charge in [-0.2, -0.15) is 0 Å². The Morgan fingerprint density at radius 2 is 1.80 bits per heavy atom. The molecular weight excluding hydrogens is 446 g/mol. The number of fused-ring (bicyclic) bond motifs is 1. The number of benzene rings is 2. The summed E-state index contributed by atoms with van der Waals surface area (Å²) in [5.74, 6) is -0.305. The van der Waals surface area contributed by atoms with Gasteiger partial charge in [0.2, 0.25) is 5.91 Å². The largest absolute Gasteiger partial charge is 0.379 e. The molecule has 5 rings (SSSR count). The van der Waals surface area contributed by atoms with Gasteiger partial charge in [0.25, 0.3) is 5.91 Å². The minimum absolute atomic E-state index is 0.122. The highest BCUT2D eigenvalue weighted by Crippen LogP contribution is 2.21. The highest BCUT2D eigenvalue weighted by Gasteiger charge is 2.15. The quantitative estimate of drug-likeness (QED) is 0.408. The molecule has 2 aromatic heterocycles. The number of amides is 2. The lowest BCUT2D eigenvalue weighted by Gasteiger charge is -2.26. The minimum Gasteiger partial charge on any atom is -0.379 e. The van der Waals surface area contributed by atoms with Gasteiger partial charge in [-0.25, -0.2) is 0 Å². The first-order valence-electron chi connectivity index (χ1n) is 11.6. The van der Waals surface area contributed by atoms with E-state index in [0.717, 1.165) is 55.9 Å². The molecule has 3 heterocycles. The van der Waals surface area contributed by atoms with Crippen LogP contribution >= 0.6 is 0 Å². The Labute approximate surface area is 202 Å². The number of ether oxygens (including phenoxy) is 1. The summed E-state index contributed by atoms with van der Waals surface area (Å²) in [6.45, 7) is 5.23. The van der Waals surface area contributed by atoms with Gasteiger partial charge in [0, 0.05) is 60.6 Å². The number of rotatable bonds is 8. The third kappa shape index (κ3) is 5.59. The van der Waals surface area contributed by atoms with Gasteiger partial charge in [0.05, 0.1) is 19.8 Å². The van der Waals surface area contributed by atoms with Gasteiger partial charge in [0.15, 0.2) is 11.5 Å². The van der Waals surface area contributed by atoms with Gasteiger partial charge < -0.3 is 24.5 Å². The van der Waals surface area contributed by atoms with Crippen LogP contribution in [0.3, 0.4) is 0 Å². The molecule has 1 saturated heterocycles. The first-order chi connectivity index (χ1) is 17.2. The lowest BCUT2D eigenvalue weighted by atomic mass is 10.1. The highest BCUT2D eigenvalue weighted by atomic mass is 16.5. The van der Waals surface area contributed by atoms with E-state index in [2.05, 4.69) is 31.5 Å². The summed E-state index contributed by atoms with van der Waals surface area (Å²) < 4.78 is 12.9. The maximum atomic E-state index is 12.4. The van der Waals surface area contributed by atoms with Crippen molar-refractivity contribution in [3.63, 3.8) is 0 Å². The van der Waals surface area contributed by atoms with Crippen LogP contribution < -0.4 is 10.6 Å². The second-order valence-corrected chi connectivity index (χ2v) is 8.41. The van der Waals surface area contributed by atoms with Crippen molar-refractivity contribution in [3.8, 4) is 11.3 Å². The zero-order chi connectivity index (χ0) is 24.0. The number of carbonyl (C=O) groups excluding carboxylic acids is 2. The Bertz CT molecular complexity index is 1310. The average molecular weight is 474 g/mol. The van der Waals surface area contributed by atoms with Crippen molar-refractivity contribution in [3.05, 3.63) is 72.6 Å². The molecule has 180 valence electrons. The molecule has 0 saturated carbocycles. The molecule has 0 atom stereocenters. The number of aromatic nitrogens is 2. The van der Waals surface area contributed by atoms with E-state index in [-0.39, 0.29) is 18.1 Å². The second kappa shape index (κ2) is 10.5. The Kier molecular flexibility index (Phi) is 6.87. The topological polar surface area (TPSA) is 102 Å². The van der Waals surface area contributed by atoms with Crippen molar-refractivity contribution in [2.45, 2.75) is 6.54 Å². The van der Waals surface area contributed by atoms with Crippen LogP contribution in [-0.2, 0) is 16.1 Å². The van der Waals surface area contributed by atoms with E-state index >= 15 is 0 Å². The maximum absolute atomic E-state index is 12.4. The van der Waals surface area contributed by atoms with Gasteiger partial charge in [-0.05, 0) is 24.3 Å². The standard InChI is InChI=1S/C26H27N5O4/c32-25(18-27-26(33)22-17-24(35-29-22)19-4-2-1-3-5-19)28-21-6-7-23-20(16-21)8-9-31(23)11-10-30-12-14-34-15-13-30/h1-9,16-17H,10-15,18H2,(H,27,33)(H,28,32). The van der Waals surface area contributed by atoms with E-state index in [4.69, 9.17) is 9.26 Å². The smallest absolute Gasteiger partial charge is 0.273 e. The SMILES string of the molecule is O=C(CNC(=O)c1cc(-c2ccccc2)on1)Nc1ccc2c(ccn2CCN2CCOCC2)c1. The summed E-state index contributed by atoms with van der Waals surface area (Å²) >= 11 is 0. The summed E-state index contributed by atoms with van der Waals surface area (Å²) in [6.07, 6.45) is 2.07. The van der Waals surface area contributed by atoms with E-state index in [1.54, 1.807) is 6.07 Å². The van der Waals surface area contributed by atoms with Crippen LogP contribution in [0, 0.1) is 0 Å². The molecule has 0 aliphatic carbocycles. The number of morpholine rings is 1. The Morgan fingerprint density at radius 3 is 2.63 bits per heavy atom. The Hall–Kier alpha value is -3.95. The highest BCUT2D eigenvalue weighted by molar-refractivity contribution is 5.99. The number of hydrogen-bond acceptors (Lipinski definition) is 6. The van der Waals surface area contributed by atoms with Crippen molar-refractivity contribution >= 4 is 28.4 Å². The summed E-state index contributed by atoms with van der Waals surface area (Å²) in [6, 6.07) is 18.8. The number of carbonyl (C=O) groups is 2. The molecule has 4 aromatic rings. The van der Waals surface area contributed by atoms with Crippen LogP contribution in [0.1, 0.15) is 10.5 Å². The monoisotopic (exact) mass is 473 g/mol. The molecular formula is C26H27N5O4. The van der Waals surface area contributed by atoms with E-state index in [9.17, 15) is 9.59 Å². The van der Waals surface area contributed by atoms with Gasteiger partial charge in [-0.15, -0.1) is 0 Å². The molecule has 35 heavy (non-hydrogen) atoms. The Balaban J connectivity index is 1.13. The summed E-state index contributed by atoms with van der Waals surface area (Å²) in [4.78, 5) is 27.2. The van der Waals surface area contributed by atoms with Gasteiger partial charge >= 0.3 is 0 Å². The molecule has 1 aliphatic heterocycles. The fraction of sp³-hybridized carbons (Fsp3) is 0.269. The first kappa shape index (κ1) is 22.8. The van der Waals surface area contributed by atoms with E-state index < -0.39 is 5.91 Å². The maximum Gasteiger partial charge on any atom is 0.273 e. The molecule has 2 amide bonds. The number of anilines is 1. The number of hydrogen-bond donors (Lipinski definition) is 2. The van der Waals surface area contributed by atoms with Crippen LogP contribution in [0.5, 0.6) is 0 Å². The molecule has 0 bridgehead atoms. The van der Waals surface area contributed by atoms with Crippen molar-refractivity contribution in [1.29, 1.82) is 0 Å². The molecule has 1 fully saturated rings. The molecule has 2 aromatic carbocycles. The summed E-state index contributed by atoms with van der Waals surface area (Å²) in [5.41, 5.74) is 2.74. The van der Waals surface area contributed by atoms with Crippen molar-refractivity contribution in [1.82, 2.24) is 19.9 Å². The summed E-state index contributed by atoms with van der Waals surface area (Å²) in [5, 5.41) is 10.3. The van der Waals surface area contributed by atoms with E-state index in [1.807, 2.05) is 54.6 Å². The molecule has 0 unspecified atom stereocenters. The zero-order valence-corrected chi connectivity index (χ0v) is 19.3. The van der Waals surface area contributed by atoms with Crippen molar-refractivity contribution < 1.29 is 18.8 Å². The van der Waals surface area contributed by atoms with Crippen LogP contribution in [0.4, 0.5) is 5.69 Å². The minimum atomic E-state index is -0.473. The lowest BCUT2D eigenvalue weighted by molar-refractivity contribution is -0.115. The van der Waals surface area contributed by atoms with E-state index in [1.165, 1.54) is 0 Å².